The lowest BCUT2D eigenvalue weighted by Gasteiger charge is -2.26. The first-order chi connectivity index (χ1) is 10.1. The Morgan fingerprint density at radius 2 is 2.10 bits per heavy atom. The van der Waals surface area contributed by atoms with Crippen LogP contribution in [0.1, 0.15) is 48.2 Å². The van der Waals surface area contributed by atoms with Crippen molar-refractivity contribution in [1.29, 1.82) is 0 Å². The highest BCUT2D eigenvalue weighted by Gasteiger charge is 2.24. The van der Waals surface area contributed by atoms with Crippen LogP contribution < -0.4 is 5.32 Å². The molecule has 4 nitrogen and oxygen atoms in total. The van der Waals surface area contributed by atoms with Crippen LogP contribution in [0.3, 0.4) is 0 Å². The fraction of sp³-hybridized carbons (Fsp3) is 0.688. The molecule has 5 heteroatoms. The first kappa shape index (κ1) is 15.1. The van der Waals surface area contributed by atoms with Crippen molar-refractivity contribution in [3.63, 3.8) is 0 Å². The Kier molecular flexibility index (Phi) is 4.69. The number of hydrogen-bond donors (Lipinski definition) is 1. The van der Waals surface area contributed by atoms with Crippen molar-refractivity contribution in [1.82, 2.24) is 9.88 Å². The van der Waals surface area contributed by atoms with Crippen molar-refractivity contribution in [3.05, 3.63) is 21.9 Å². The normalized spacial score (nSPS) is 20.3. The van der Waals surface area contributed by atoms with Gasteiger partial charge in [-0.05, 0) is 47.7 Å². The minimum absolute atomic E-state index is 0.0175. The average Bonchev–Trinajstić information content (AvgIpc) is 2.72. The van der Waals surface area contributed by atoms with Crippen LogP contribution in [-0.2, 0) is 11.3 Å². The predicted octanol–water partition coefficient (Wildman–Crippen LogP) is 3.27. The highest BCUT2D eigenvalue weighted by atomic mass is 79.9. The number of amides is 1. The van der Waals surface area contributed by atoms with E-state index in [2.05, 4.69) is 25.8 Å². The van der Waals surface area contributed by atoms with Crippen LogP contribution in [0.4, 0.5) is 0 Å². The summed E-state index contributed by atoms with van der Waals surface area (Å²) in [5.41, 5.74) is 1.84. The minimum atomic E-state index is 0.0175. The Bertz CT molecular complexity index is 517. The third kappa shape index (κ3) is 3.34. The summed E-state index contributed by atoms with van der Waals surface area (Å²) < 4.78 is 8.37. The first-order valence-electron chi connectivity index (χ1n) is 7.89. The minimum Gasteiger partial charge on any atom is -0.377 e. The largest absolute Gasteiger partial charge is 0.377 e. The van der Waals surface area contributed by atoms with Gasteiger partial charge in [0.1, 0.15) is 0 Å². The summed E-state index contributed by atoms with van der Waals surface area (Å²) >= 11 is 3.62. The van der Waals surface area contributed by atoms with Gasteiger partial charge in [-0.3, -0.25) is 4.79 Å². The number of ether oxygens (including phenoxy) is 1. The zero-order valence-electron chi connectivity index (χ0n) is 12.5. The number of nitrogens with one attached hydrogen (secondary N) is 1. The van der Waals surface area contributed by atoms with Crippen molar-refractivity contribution >= 4 is 21.8 Å². The van der Waals surface area contributed by atoms with E-state index in [1.165, 1.54) is 32.1 Å². The van der Waals surface area contributed by atoms with Crippen LogP contribution in [0.25, 0.3) is 0 Å². The lowest BCUT2D eigenvalue weighted by molar-refractivity contribution is -0.00347. The van der Waals surface area contributed by atoms with Gasteiger partial charge < -0.3 is 14.6 Å². The molecule has 1 N–H and O–H groups in total. The Balaban J connectivity index is 1.70. The number of rotatable bonds is 4. The smallest absolute Gasteiger partial charge is 0.253 e. The molecule has 2 aliphatic rings. The maximum atomic E-state index is 12.3. The number of aromatic nitrogens is 1. The summed E-state index contributed by atoms with van der Waals surface area (Å²) in [6.07, 6.45) is 6.69. The van der Waals surface area contributed by atoms with Crippen LogP contribution in [0, 0.1) is 12.8 Å². The molecule has 21 heavy (non-hydrogen) atoms. The standard InChI is InChI=1S/C16H23BrN2O2/c1-11-14(16(20)18-13-9-21-10-13)7-15(17)19(11)8-12-5-3-2-4-6-12/h7,12-13H,2-6,8-10H2,1H3,(H,18,20). The van der Waals surface area contributed by atoms with Gasteiger partial charge in [0.15, 0.2) is 0 Å². The van der Waals surface area contributed by atoms with Gasteiger partial charge in [0.2, 0.25) is 0 Å². The lowest BCUT2D eigenvalue weighted by atomic mass is 9.89. The first-order valence-corrected chi connectivity index (χ1v) is 8.68. The Labute approximate surface area is 134 Å². The van der Waals surface area contributed by atoms with E-state index in [9.17, 15) is 4.79 Å². The molecule has 2 fully saturated rings. The third-order valence-electron chi connectivity index (χ3n) is 4.70. The second kappa shape index (κ2) is 6.53. The van der Waals surface area contributed by atoms with Gasteiger partial charge in [-0.25, -0.2) is 0 Å². The summed E-state index contributed by atoms with van der Waals surface area (Å²) in [5.74, 6) is 0.765. The molecular formula is C16H23BrN2O2. The maximum absolute atomic E-state index is 12.3. The highest BCUT2D eigenvalue weighted by molar-refractivity contribution is 9.10. The molecule has 1 aliphatic heterocycles. The molecule has 1 aliphatic carbocycles. The average molecular weight is 355 g/mol. The van der Waals surface area contributed by atoms with E-state index in [1.807, 2.05) is 13.0 Å². The van der Waals surface area contributed by atoms with E-state index in [0.29, 0.717) is 13.2 Å². The number of carbonyl (C=O) groups excluding carboxylic acids is 1. The molecule has 0 bridgehead atoms. The number of nitrogens with zero attached hydrogens (tertiary/aromatic N) is 1. The summed E-state index contributed by atoms with van der Waals surface area (Å²) in [6.45, 7) is 4.33. The van der Waals surface area contributed by atoms with Gasteiger partial charge >= 0.3 is 0 Å². The van der Waals surface area contributed by atoms with Crippen molar-refractivity contribution < 1.29 is 9.53 Å². The SMILES string of the molecule is Cc1c(C(=O)NC2COC2)cc(Br)n1CC1CCCCC1. The van der Waals surface area contributed by atoms with Crippen LogP contribution in [0.2, 0.25) is 0 Å². The maximum Gasteiger partial charge on any atom is 0.253 e. The van der Waals surface area contributed by atoms with Crippen molar-refractivity contribution in [2.75, 3.05) is 13.2 Å². The topological polar surface area (TPSA) is 43.3 Å². The molecule has 0 radical (unpaired) electrons. The van der Waals surface area contributed by atoms with E-state index in [4.69, 9.17) is 4.74 Å². The predicted molar refractivity (Wildman–Crippen MR) is 85.5 cm³/mol. The van der Waals surface area contributed by atoms with E-state index in [1.54, 1.807) is 0 Å². The number of hydrogen-bond acceptors (Lipinski definition) is 2. The van der Waals surface area contributed by atoms with Gasteiger partial charge in [0, 0.05) is 12.2 Å². The van der Waals surface area contributed by atoms with Crippen LogP contribution in [0.5, 0.6) is 0 Å². The molecule has 0 unspecified atom stereocenters. The van der Waals surface area contributed by atoms with E-state index in [0.717, 1.165) is 28.3 Å². The van der Waals surface area contributed by atoms with Gasteiger partial charge in [0.05, 0.1) is 29.4 Å². The number of carbonyl (C=O) groups is 1. The lowest BCUT2D eigenvalue weighted by Crippen LogP contribution is -2.48. The summed E-state index contributed by atoms with van der Waals surface area (Å²) in [4.78, 5) is 12.3. The van der Waals surface area contributed by atoms with Crippen LogP contribution >= 0.6 is 15.9 Å². The van der Waals surface area contributed by atoms with E-state index in [-0.39, 0.29) is 11.9 Å². The fourth-order valence-corrected chi connectivity index (χ4v) is 3.91. The molecule has 0 atom stereocenters. The van der Waals surface area contributed by atoms with E-state index >= 15 is 0 Å². The van der Waals surface area contributed by atoms with Gasteiger partial charge in [-0.1, -0.05) is 19.3 Å². The molecule has 1 amide bonds. The van der Waals surface area contributed by atoms with E-state index < -0.39 is 0 Å². The molecule has 0 aromatic carbocycles. The molecule has 1 saturated carbocycles. The van der Waals surface area contributed by atoms with Gasteiger partial charge in [0.25, 0.3) is 5.91 Å². The summed E-state index contributed by atoms with van der Waals surface area (Å²) in [7, 11) is 0. The second-order valence-corrected chi connectivity index (χ2v) is 7.10. The Hall–Kier alpha value is -0.810. The molecule has 2 heterocycles. The molecule has 0 spiro atoms. The molecule has 3 rings (SSSR count). The zero-order chi connectivity index (χ0) is 14.8. The second-order valence-electron chi connectivity index (χ2n) is 6.29. The fourth-order valence-electron chi connectivity index (χ4n) is 3.27. The number of halogens is 1. The third-order valence-corrected chi connectivity index (χ3v) is 5.36. The van der Waals surface area contributed by atoms with Crippen molar-refractivity contribution in [2.45, 2.75) is 51.6 Å². The summed E-state index contributed by atoms with van der Waals surface area (Å²) in [5, 5.41) is 3.02. The van der Waals surface area contributed by atoms with Gasteiger partial charge in [-0.15, -0.1) is 0 Å². The molecular weight excluding hydrogens is 332 g/mol. The molecule has 1 aromatic rings. The summed E-state index contributed by atoms with van der Waals surface area (Å²) in [6, 6.07) is 2.13. The Morgan fingerprint density at radius 1 is 1.38 bits per heavy atom. The Morgan fingerprint density at radius 3 is 2.71 bits per heavy atom. The monoisotopic (exact) mass is 354 g/mol. The molecule has 1 aromatic heterocycles. The van der Waals surface area contributed by atoms with Crippen molar-refractivity contribution in [2.24, 2.45) is 5.92 Å². The molecule has 116 valence electrons. The van der Waals surface area contributed by atoms with Crippen LogP contribution in [-0.4, -0.2) is 29.7 Å². The van der Waals surface area contributed by atoms with Crippen molar-refractivity contribution in [3.8, 4) is 0 Å². The highest BCUT2D eigenvalue weighted by Crippen LogP contribution is 2.29. The van der Waals surface area contributed by atoms with Crippen LogP contribution in [0.15, 0.2) is 10.7 Å². The molecule has 1 saturated heterocycles. The van der Waals surface area contributed by atoms with Gasteiger partial charge in [-0.2, -0.15) is 0 Å². The zero-order valence-corrected chi connectivity index (χ0v) is 14.1. The quantitative estimate of drug-likeness (QED) is 0.901.